The molecule has 0 fully saturated rings. The van der Waals surface area contributed by atoms with Crippen molar-refractivity contribution in [3.63, 3.8) is 0 Å². The van der Waals surface area contributed by atoms with E-state index < -0.39 is 5.91 Å². The third kappa shape index (κ3) is 4.06. The Hall–Kier alpha value is -2.52. The summed E-state index contributed by atoms with van der Waals surface area (Å²) in [5, 5.41) is 7.39. The molecule has 0 saturated carbocycles. The van der Waals surface area contributed by atoms with Crippen molar-refractivity contribution in [3.8, 4) is 11.3 Å². The van der Waals surface area contributed by atoms with Crippen LogP contribution in [-0.4, -0.2) is 28.3 Å². The van der Waals surface area contributed by atoms with E-state index in [9.17, 15) is 9.59 Å². The normalized spacial score (nSPS) is 10.4. The number of pyridine rings is 1. The lowest BCUT2D eigenvalue weighted by Crippen LogP contribution is -2.32. The number of nitrogens with one attached hydrogen (secondary N) is 2. The summed E-state index contributed by atoms with van der Waals surface area (Å²) in [6, 6.07) is 6.81. The molecule has 2 amide bonds. The van der Waals surface area contributed by atoms with Gasteiger partial charge in [0, 0.05) is 23.3 Å². The minimum absolute atomic E-state index is 0.128. The summed E-state index contributed by atoms with van der Waals surface area (Å²) < 4.78 is 5.55. The Morgan fingerprint density at radius 2 is 2.17 bits per heavy atom. The molecule has 0 unspecified atom stereocenters. The molecule has 0 saturated heterocycles. The van der Waals surface area contributed by atoms with Gasteiger partial charge in [-0.05, 0) is 40.2 Å². The molecule has 0 aliphatic rings. The van der Waals surface area contributed by atoms with Gasteiger partial charge in [0.05, 0.1) is 12.2 Å². The minimum Gasteiger partial charge on any atom is -0.444 e. The third-order valence-electron chi connectivity index (χ3n) is 2.91. The van der Waals surface area contributed by atoms with Crippen LogP contribution >= 0.6 is 27.3 Å². The summed E-state index contributed by atoms with van der Waals surface area (Å²) in [5.41, 5.74) is 1.60. The fourth-order valence-corrected chi connectivity index (χ4v) is 2.87. The van der Waals surface area contributed by atoms with Gasteiger partial charge in [0.2, 0.25) is 5.91 Å². The highest BCUT2D eigenvalue weighted by Crippen LogP contribution is 2.23. The number of aromatic nitrogens is 2. The highest BCUT2D eigenvalue weighted by Gasteiger charge is 2.13. The first-order valence-corrected chi connectivity index (χ1v) is 8.48. The molecule has 7 nitrogen and oxygen atoms in total. The van der Waals surface area contributed by atoms with Gasteiger partial charge in [-0.25, -0.2) is 4.98 Å². The van der Waals surface area contributed by atoms with Crippen LogP contribution in [0, 0.1) is 0 Å². The summed E-state index contributed by atoms with van der Waals surface area (Å²) in [5.74, 6) is -0.713. The van der Waals surface area contributed by atoms with Gasteiger partial charge in [0.25, 0.3) is 5.91 Å². The number of halogens is 1. The topological polar surface area (TPSA) is 97.1 Å². The van der Waals surface area contributed by atoms with Crippen molar-refractivity contribution in [1.82, 2.24) is 15.3 Å². The maximum Gasteiger partial charge on any atom is 0.287 e. The van der Waals surface area contributed by atoms with Crippen LogP contribution in [0.5, 0.6) is 0 Å². The molecule has 3 aromatic rings. The van der Waals surface area contributed by atoms with Gasteiger partial charge < -0.3 is 15.1 Å². The largest absolute Gasteiger partial charge is 0.444 e. The number of anilines is 1. The zero-order chi connectivity index (χ0) is 16.9. The highest BCUT2D eigenvalue weighted by molar-refractivity contribution is 9.10. The van der Waals surface area contributed by atoms with Gasteiger partial charge in [-0.2, -0.15) is 0 Å². The van der Waals surface area contributed by atoms with Gasteiger partial charge in [-0.15, -0.1) is 11.3 Å². The Balaban J connectivity index is 1.54. The fourth-order valence-electron chi connectivity index (χ4n) is 1.83. The molecular weight excluding hydrogens is 396 g/mol. The third-order valence-corrected chi connectivity index (χ3v) is 4.10. The first-order chi connectivity index (χ1) is 11.6. The van der Waals surface area contributed by atoms with E-state index in [0.717, 1.165) is 11.3 Å². The summed E-state index contributed by atoms with van der Waals surface area (Å²) in [6.07, 6.45) is 3.38. The van der Waals surface area contributed by atoms with Crippen LogP contribution in [0.3, 0.4) is 0 Å². The molecule has 2 N–H and O–H groups in total. The first-order valence-electron chi connectivity index (χ1n) is 6.81. The monoisotopic (exact) mass is 406 g/mol. The van der Waals surface area contributed by atoms with E-state index >= 15 is 0 Å². The van der Waals surface area contributed by atoms with E-state index in [1.165, 1.54) is 17.4 Å². The van der Waals surface area contributed by atoms with Crippen molar-refractivity contribution in [2.45, 2.75) is 0 Å². The fraction of sp³-hybridized carbons (Fsp3) is 0.0667. The predicted molar refractivity (Wildman–Crippen MR) is 92.7 cm³/mol. The van der Waals surface area contributed by atoms with Crippen molar-refractivity contribution in [2.75, 3.05) is 11.9 Å². The van der Waals surface area contributed by atoms with E-state index in [1.54, 1.807) is 18.5 Å². The quantitative estimate of drug-likeness (QED) is 0.678. The Morgan fingerprint density at radius 1 is 1.29 bits per heavy atom. The van der Waals surface area contributed by atoms with E-state index in [0.29, 0.717) is 9.80 Å². The second-order valence-electron chi connectivity index (χ2n) is 4.61. The lowest BCUT2D eigenvalue weighted by molar-refractivity contribution is -0.115. The zero-order valence-corrected chi connectivity index (χ0v) is 14.6. The lowest BCUT2D eigenvalue weighted by atomic mass is 10.2. The van der Waals surface area contributed by atoms with Crippen molar-refractivity contribution < 1.29 is 14.0 Å². The average molecular weight is 407 g/mol. The minimum atomic E-state index is -0.467. The molecule has 0 radical (unpaired) electrons. The number of amides is 2. The zero-order valence-electron chi connectivity index (χ0n) is 12.2. The molecule has 0 spiro atoms. The Kier molecular flexibility index (Phi) is 5.02. The van der Waals surface area contributed by atoms with Crippen LogP contribution in [0.15, 0.2) is 51.1 Å². The molecular formula is C15H11BrN4O3S. The van der Waals surface area contributed by atoms with E-state index in [4.69, 9.17) is 4.42 Å². The number of carbonyl (C=O) groups is 2. The number of rotatable bonds is 5. The van der Waals surface area contributed by atoms with E-state index in [1.807, 2.05) is 17.5 Å². The Morgan fingerprint density at radius 3 is 2.88 bits per heavy atom. The second-order valence-corrected chi connectivity index (χ2v) is 6.25. The molecule has 3 heterocycles. The SMILES string of the molecule is O=C(CNC(=O)c1ccc(Br)o1)Nc1nc(-c2cccnc2)cs1. The lowest BCUT2D eigenvalue weighted by Gasteiger charge is -2.03. The van der Waals surface area contributed by atoms with Gasteiger partial charge in [-0.3, -0.25) is 14.6 Å². The van der Waals surface area contributed by atoms with E-state index in [2.05, 4.69) is 36.5 Å². The summed E-state index contributed by atoms with van der Waals surface area (Å²) in [4.78, 5) is 32.0. The van der Waals surface area contributed by atoms with Gasteiger partial charge in [0.15, 0.2) is 15.6 Å². The Bertz CT molecular complexity index is 862. The molecule has 0 aliphatic carbocycles. The van der Waals surface area contributed by atoms with Crippen molar-refractivity contribution in [1.29, 1.82) is 0 Å². The molecule has 0 aliphatic heterocycles. The molecule has 0 bridgehead atoms. The number of thiazole rings is 1. The highest BCUT2D eigenvalue weighted by atomic mass is 79.9. The molecule has 122 valence electrons. The van der Waals surface area contributed by atoms with E-state index in [-0.39, 0.29) is 18.2 Å². The van der Waals surface area contributed by atoms with Gasteiger partial charge in [-0.1, -0.05) is 0 Å². The standard InChI is InChI=1S/C15H11BrN4O3S/c16-12-4-3-11(23-12)14(22)18-7-13(21)20-15-19-10(8-24-15)9-2-1-5-17-6-9/h1-6,8H,7H2,(H,18,22)(H,19,20,21). The summed E-state index contributed by atoms with van der Waals surface area (Å²) in [6.45, 7) is -0.182. The van der Waals surface area contributed by atoms with Crippen LogP contribution in [0.1, 0.15) is 10.6 Å². The number of carbonyl (C=O) groups excluding carboxylic acids is 2. The van der Waals surface area contributed by atoms with Crippen LogP contribution in [0.2, 0.25) is 0 Å². The molecule has 3 rings (SSSR count). The smallest absolute Gasteiger partial charge is 0.287 e. The van der Waals surface area contributed by atoms with Gasteiger partial charge >= 0.3 is 0 Å². The molecule has 0 aromatic carbocycles. The average Bonchev–Trinajstić information content (AvgIpc) is 3.23. The number of hydrogen-bond acceptors (Lipinski definition) is 6. The summed E-state index contributed by atoms with van der Waals surface area (Å²) in [7, 11) is 0. The summed E-state index contributed by atoms with van der Waals surface area (Å²) >= 11 is 4.41. The molecule has 9 heteroatoms. The molecule has 3 aromatic heterocycles. The predicted octanol–water partition coefficient (Wildman–Crippen LogP) is 2.93. The van der Waals surface area contributed by atoms with Crippen molar-refractivity contribution in [3.05, 3.63) is 52.5 Å². The number of furan rings is 1. The van der Waals surface area contributed by atoms with Gasteiger partial charge in [0.1, 0.15) is 0 Å². The van der Waals surface area contributed by atoms with Crippen LogP contribution in [0.25, 0.3) is 11.3 Å². The maximum absolute atomic E-state index is 11.9. The van der Waals surface area contributed by atoms with Crippen LogP contribution in [0.4, 0.5) is 5.13 Å². The van der Waals surface area contributed by atoms with Crippen LogP contribution < -0.4 is 10.6 Å². The second kappa shape index (κ2) is 7.37. The molecule has 24 heavy (non-hydrogen) atoms. The number of nitrogens with zero attached hydrogens (tertiary/aromatic N) is 2. The Labute approximate surface area is 149 Å². The number of hydrogen-bond donors (Lipinski definition) is 2. The maximum atomic E-state index is 11.9. The van der Waals surface area contributed by atoms with Crippen LogP contribution in [-0.2, 0) is 4.79 Å². The van der Waals surface area contributed by atoms with Crippen molar-refractivity contribution >= 4 is 44.2 Å². The molecule has 0 atom stereocenters. The van der Waals surface area contributed by atoms with Crippen molar-refractivity contribution in [2.24, 2.45) is 0 Å². The first kappa shape index (κ1) is 16.3.